The second kappa shape index (κ2) is 6.13. The number of benzene rings is 1. The van der Waals surface area contributed by atoms with Gasteiger partial charge in [-0.15, -0.1) is 0 Å². The summed E-state index contributed by atoms with van der Waals surface area (Å²) >= 11 is 0. The number of carboxylic acids is 1. The third-order valence-electron chi connectivity index (χ3n) is 3.90. The summed E-state index contributed by atoms with van der Waals surface area (Å²) in [5.41, 5.74) is 1.91. The number of aromatic carboxylic acids is 1. The van der Waals surface area contributed by atoms with Gasteiger partial charge in [-0.05, 0) is 45.1 Å². The van der Waals surface area contributed by atoms with E-state index in [0.717, 1.165) is 12.0 Å². The summed E-state index contributed by atoms with van der Waals surface area (Å²) in [4.78, 5) is 27.0. The molecule has 6 heteroatoms. The number of amides is 2. The van der Waals surface area contributed by atoms with Crippen LogP contribution >= 0.6 is 0 Å². The lowest BCUT2D eigenvalue weighted by atomic mass is 10.1. The Hall–Kier alpha value is -2.08. The maximum Gasteiger partial charge on any atom is 0.335 e. The number of carbonyl (C=O) groups excluding carboxylic acids is 1. The van der Waals surface area contributed by atoms with Gasteiger partial charge in [-0.25, -0.2) is 9.59 Å². The van der Waals surface area contributed by atoms with Crippen LogP contribution < -0.4 is 10.2 Å². The molecule has 1 unspecified atom stereocenters. The van der Waals surface area contributed by atoms with Gasteiger partial charge in [0, 0.05) is 24.8 Å². The van der Waals surface area contributed by atoms with E-state index >= 15 is 0 Å². The summed E-state index contributed by atoms with van der Waals surface area (Å²) in [5.74, 6) is -0.980. The number of fused-ring (bicyclic) bond motifs is 1. The van der Waals surface area contributed by atoms with Crippen molar-refractivity contribution in [2.45, 2.75) is 19.4 Å². The number of nitrogens with zero attached hydrogens (tertiary/aromatic N) is 2. The molecule has 0 saturated heterocycles. The molecule has 0 spiro atoms. The molecule has 1 aromatic rings. The van der Waals surface area contributed by atoms with Crippen LogP contribution in [0, 0.1) is 0 Å². The van der Waals surface area contributed by atoms with Crippen LogP contribution in [-0.2, 0) is 6.42 Å². The van der Waals surface area contributed by atoms with Gasteiger partial charge in [0.15, 0.2) is 0 Å². The van der Waals surface area contributed by atoms with E-state index in [-0.39, 0.29) is 17.6 Å². The van der Waals surface area contributed by atoms with Crippen molar-refractivity contribution in [3.05, 3.63) is 29.3 Å². The standard InChI is InChI=1S/C15H21N3O3/c1-10(17(2)3)9-16-15(21)18-7-6-11-4-5-12(14(19)20)8-13(11)18/h4-5,8,10H,6-7,9H2,1-3H3,(H,16,21)(H,19,20). The fourth-order valence-corrected chi connectivity index (χ4v) is 2.24. The van der Waals surface area contributed by atoms with Gasteiger partial charge in [0.2, 0.25) is 0 Å². The molecule has 1 aliphatic heterocycles. The van der Waals surface area contributed by atoms with Crippen LogP contribution in [0.25, 0.3) is 0 Å². The van der Waals surface area contributed by atoms with Gasteiger partial charge in [-0.2, -0.15) is 0 Å². The third kappa shape index (κ3) is 3.33. The summed E-state index contributed by atoms with van der Waals surface area (Å²) in [6.45, 7) is 3.16. The molecule has 1 heterocycles. The molecule has 2 amide bonds. The maximum atomic E-state index is 12.3. The lowest BCUT2D eigenvalue weighted by Crippen LogP contribution is -2.44. The molecular weight excluding hydrogens is 270 g/mol. The molecule has 1 aliphatic rings. The zero-order valence-corrected chi connectivity index (χ0v) is 12.6. The first-order chi connectivity index (χ1) is 9.90. The Morgan fingerprint density at radius 2 is 2.14 bits per heavy atom. The Morgan fingerprint density at radius 1 is 1.43 bits per heavy atom. The van der Waals surface area contributed by atoms with Crippen LogP contribution in [0.4, 0.5) is 10.5 Å². The monoisotopic (exact) mass is 291 g/mol. The van der Waals surface area contributed by atoms with Gasteiger partial charge >= 0.3 is 12.0 Å². The van der Waals surface area contributed by atoms with E-state index in [0.29, 0.717) is 18.8 Å². The Labute approximate surface area is 124 Å². The third-order valence-corrected chi connectivity index (χ3v) is 3.90. The zero-order valence-electron chi connectivity index (χ0n) is 12.6. The van der Waals surface area contributed by atoms with E-state index in [2.05, 4.69) is 5.32 Å². The van der Waals surface area contributed by atoms with E-state index in [1.807, 2.05) is 25.9 Å². The second-order valence-electron chi connectivity index (χ2n) is 5.55. The summed E-state index contributed by atoms with van der Waals surface area (Å²) in [6, 6.07) is 5.00. The first kappa shape index (κ1) is 15.3. The molecule has 0 bridgehead atoms. The Balaban J connectivity index is 2.09. The zero-order chi connectivity index (χ0) is 15.6. The molecule has 21 heavy (non-hydrogen) atoms. The van der Waals surface area contributed by atoms with Crippen molar-refractivity contribution < 1.29 is 14.7 Å². The molecule has 2 rings (SSSR count). The smallest absolute Gasteiger partial charge is 0.335 e. The van der Waals surface area contributed by atoms with E-state index in [9.17, 15) is 9.59 Å². The quantitative estimate of drug-likeness (QED) is 0.879. The number of hydrogen-bond donors (Lipinski definition) is 2. The van der Waals surface area contributed by atoms with Crippen LogP contribution in [0.1, 0.15) is 22.8 Å². The maximum absolute atomic E-state index is 12.3. The highest BCUT2D eigenvalue weighted by Crippen LogP contribution is 2.29. The van der Waals surface area contributed by atoms with E-state index in [4.69, 9.17) is 5.11 Å². The lowest BCUT2D eigenvalue weighted by molar-refractivity contribution is 0.0697. The average molecular weight is 291 g/mol. The molecular formula is C15H21N3O3. The van der Waals surface area contributed by atoms with Crippen molar-refractivity contribution in [1.29, 1.82) is 0 Å². The van der Waals surface area contributed by atoms with Gasteiger partial charge in [-0.1, -0.05) is 6.07 Å². The molecule has 2 N–H and O–H groups in total. The van der Waals surface area contributed by atoms with Crippen LogP contribution in [0.15, 0.2) is 18.2 Å². The number of carboxylic acid groups (broad SMARTS) is 1. The molecule has 0 aliphatic carbocycles. The van der Waals surface area contributed by atoms with Gasteiger partial charge in [0.05, 0.1) is 5.56 Å². The highest BCUT2D eigenvalue weighted by Gasteiger charge is 2.25. The minimum Gasteiger partial charge on any atom is -0.478 e. The number of rotatable bonds is 4. The van der Waals surface area contributed by atoms with E-state index < -0.39 is 5.97 Å². The predicted molar refractivity (Wildman–Crippen MR) is 81.0 cm³/mol. The molecule has 0 fully saturated rings. The largest absolute Gasteiger partial charge is 0.478 e. The number of nitrogens with one attached hydrogen (secondary N) is 1. The highest BCUT2D eigenvalue weighted by molar-refractivity contribution is 5.97. The van der Waals surface area contributed by atoms with Crippen LogP contribution in [-0.4, -0.2) is 55.2 Å². The minimum atomic E-state index is -0.980. The van der Waals surface area contributed by atoms with Crippen molar-refractivity contribution in [2.75, 3.05) is 32.1 Å². The van der Waals surface area contributed by atoms with Crippen LogP contribution in [0.2, 0.25) is 0 Å². The molecule has 6 nitrogen and oxygen atoms in total. The van der Waals surface area contributed by atoms with Crippen molar-refractivity contribution in [2.24, 2.45) is 0 Å². The van der Waals surface area contributed by atoms with Gasteiger partial charge in [-0.3, -0.25) is 4.90 Å². The van der Waals surface area contributed by atoms with E-state index in [1.54, 1.807) is 23.1 Å². The van der Waals surface area contributed by atoms with Crippen LogP contribution in [0.5, 0.6) is 0 Å². The predicted octanol–water partition coefficient (Wildman–Crippen LogP) is 1.41. The molecule has 0 aromatic heterocycles. The van der Waals surface area contributed by atoms with Crippen molar-refractivity contribution in [3.8, 4) is 0 Å². The fraction of sp³-hybridized carbons (Fsp3) is 0.467. The first-order valence-corrected chi connectivity index (χ1v) is 6.98. The molecule has 1 atom stereocenters. The highest BCUT2D eigenvalue weighted by atomic mass is 16.4. The molecule has 0 radical (unpaired) electrons. The van der Waals surface area contributed by atoms with Gasteiger partial charge < -0.3 is 15.3 Å². The number of urea groups is 1. The number of hydrogen-bond acceptors (Lipinski definition) is 3. The summed E-state index contributed by atoms with van der Waals surface area (Å²) in [5, 5.41) is 11.9. The second-order valence-corrected chi connectivity index (χ2v) is 5.55. The SMILES string of the molecule is CC(CNC(=O)N1CCc2ccc(C(=O)O)cc21)N(C)C. The first-order valence-electron chi connectivity index (χ1n) is 6.98. The normalized spacial score (nSPS) is 15.0. The van der Waals surface area contributed by atoms with Crippen LogP contribution in [0.3, 0.4) is 0 Å². The minimum absolute atomic E-state index is 0.176. The Kier molecular flexibility index (Phi) is 4.47. The van der Waals surface area contributed by atoms with E-state index in [1.165, 1.54) is 0 Å². The number of carbonyl (C=O) groups is 2. The molecule has 114 valence electrons. The summed E-state index contributed by atoms with van der Waals surface area (Å²) in [7, 11) is 3.92. The lowest BCUT2D eigenvalue weighted by Gasteiger charge is -2.23. The number of anilines is 1. The average Bonchev–Trinajstić information content (AvgIpc) is 2.86. The Bertz CT molecular complexity index is 557. The van der Waals surface area contributed by atoms with Crippen molar-refractivity contribution in [1.82, 2.24) is 10.2 Å². The summed E-state index contributed by atoms with van der Waals surface area (Å²) < 4.78 is 0. The molecule has 1 aromatic carbocycles. The topological polar surface area (TPSA) is 72.9 Å². The van der Waals surface area contributed by atoms with Gasteiger partial charge in [0.1, 0.15) is 0 Å². The van der Waals surface area contributed by atoms with Crippen molar-refractivity contribution >= 4 is 17.7 Å². The summed E-state index contributed by atoms with van der Waals surface area (Å²) in [6.07, 6.45) is 0.756. The fourth-order valence-electron chi connectivity index (χ4n) is 2.24. The Morgan fingerprint density at radius 3 is 2.76 bits per heavy atom. The van der Waals surface area contributed by atoms with Crippen molar-refractivity contribution in [3.63, 3.8) is 0 Å². The molecule has 0 saturated carbocycles. The van der Waals surface area contributed by atoms with Gasteiger partial charge in [0.25, 0.3) is 0 Å². The number of likely N-dealkylation sites (N-methyl/N-ethyl adjacent to an activating group) is 1.